The number of alkyl halides is 3. The lowest BCUT2D eigenvalue weighted by Gasteiger charge is -2.18. The predicted octanol–water partition coefficient (Wildman–Crippen LogP) is 3.65. The number of carbonyl (C=O) groups is 2. The second-order valence-corrected chi connectivity index (χ2v) is 7.20. The van der Waals surface area contributed by atoms with Gasteiger partial charge in [0.15, 0.2) is 5.82 Å². The minimum absolute atomic E-state index is 0.256. The highest BCUT2D eigenvalue weighted by Gasteiger charge is 2.38. The average molecular weight is 469 g/mol. The van der Waals surface area contributed by atoms with Crippen LogP contribution >= 0.6 is 11.6 Å². The van der Waals surface area contributed by atoms with E-state index in [2.05, 4.69) is 15.3 Å². The van der Waals surface area contributed by atoms with E-state index in [1.54, 1.807) is 36.5 Å². The van der Waals surface area contributed by atoms with Crippen molar-refractivity contribution >= 4 is 34.4 Å². The molecule has 3 heterocycles. The number of hydrogen-bond donors (Lipinski definition) is 2. The number of rotatable bonds is 2. The molecule has 1 amide bonds. The number of benzene rings is 1. The lowest BCUT2D eigenvalue weighted by molar-refractivity contribution is -0.192. The van der Waals surface area contributed by atoms with E-state index in [4.69, 9.17) is 21.5 Å². The lowest BCUT2D eigenvalue weighted by atomic mass is 10.1. The first-order chi connectivity index (χ1) is 15.0. The van der Waals surface area contributed by atoms with Crippen molar-refractivity contribution in [3.63, 3.8) is 0 Å². The van der Waals surface area contributed by atoms with Gasteiger partial charge in [0.05, 0.1) is 22.5 Å². The minimum atomic E-state index is -5.08. The molecule has 8 nitrogen and oxygen atoms in total. The first kappa shape index (κ1) is 23.2. The van der Waals surface area contributed by atoms with E-state index >= 15 is 0 Å². The van der Waals surface area contributed by atoms with Crippen LogP contribution in [0.3, 0.4) is 0 Å². The number of nitrogens with one attached hydrogen (secondary N) is 1. The van der Waals surface area contributed by atoms with Gasteiger partial charge in [0.25, 0.3) is 11.5 Å². The van der Waals surface area contributed by atoms with E-state index in [0.29, 0.717) is 39.6 Å². The van der Waals surface area contributed by atoms with E-state index in [1.165, 1.54) is 4.57 Å². The summed E-state index contributed by atoms with van der Waals surface area (Å²) >= 11 is 6.05. The molecule has 0 bridgehead atoms. The van der Waals surface area contributed by atoms with Gasteiger partial charge < -0.3 is 10.4 Å². The van der Waals surface area contributed by atoms with Gasteiger partial charge in [-0.3, -0.25) is 9.59 Å². The zero-order valence-electron chi connectivity index (χ0n) is 16.5. The maximum atomic E-state index is 13.2. The third-order valence-electron chi connectivity index (χ3n) is 4.54. The molecule has 3 aromatic rings. The van der Waals surface area contributed by atoms with Gasteiger partial charge in [-0.2, -0.15) is 13.2 Å². The molecule has 0 aliphatic carbocycles. The van der Waals surface area contributed by atoms with Crippen molar-refractivity contribution in [3.05, 3.63) is 63.3 Å². The van der Waals surface area contributed by atoms with E-state index in [1.807, 2.05) is 6.92 Å². The van der Waals surface area contributed by atoms with Crippen LogP contribution in [0.25, 0.3) is 16.7 Å². The molecular formula is C20H16ClF3N4O4. The zero-order chi connectivity index (χ0) is 23.6. The summed E-state index contributed by atoms with van der Waals surface area (Å²) in [5, 5.41) is 11.0. The third kappa shape index (κ3) is 4.57. The Morgan fingerprint density at radius 2 is 1.97 bits per heavy atom. The van der Waals surface area contributed by atoms with Crippen LogP contribution in [0.2, 0.25) is 5.02 Å². The fourth-order valence-electron chi connectivity index (χ4n) is 3.16. The van der Waals surface area contributed by atoms with Crippen LogP contribution in [0.15, 0.2) is 41.3 Å². The Morgan fingerprint density at radius 3 is 2.59 bits per heavy atom. The van der Waals surface area contributed by atoms with Crippen molar-refractivity contribution in [1.82, 2.24) is 19.9 Å². The van der Waals surface area contributed by atoms with Gasteiger partial charge in [-0.05, 0) is 36.8 Å². The number of halogens is 4. The maximum Gasteiger partial charge on any atom is 0.490 e. The summed E-state index contributed by atoms with van der Waals surface area (Å²) in [6.07, 6.45) is -2.01. The molecule has 0 saturated carbocycles. The lowest BCUT2D eigenvalue weighted by Crippen LogP contribution is -2.30. The molecule has 1 atom stereocenters. The third-order valence-corrected chi connectivity index (χ3v) is 4.77. The van der Waals surface area contributed by atoms with Crippen LogP contribution in [0, 0.1) is 0 Å². The van der Waals surface area contributed by atoms with Crippen LogP contribution in [-0.2, 0) is 4.79 Å². The standard InChI is InChI=1S/C18H15ClN4O2.C2HF3O2/c1-2-4-14-16-21-13-7-6-10(19)9-12(13)18(25)23(16)15-11(17(24)22-14)5-3-8-20-15;3-2(4,5)1(6)7/h3,5-9,14H,2,4H2,1H3,(H,22,24);(H,6,7). The Bertz CT molecular complexity index is 1260. The van der Waals surface area contributed by atoms with Gasteiger partial charge in [0.1, 0.15) is 5.82 Å². The number of carbonyl (C=O) groups excluding carboxylic acids is 1. The summed E-state index contributed by atoms with van der Waals surface area (Å²) in [5.41, 5.74) is 0.628. The quantitative estimate of drug-likeness (QED) is 0.593. The maximum absolute atomic E-state index is 13.2. The molecule has 32 heavy (non-hydrogen) atoms. The summed E-state index contributed by atoms with van der Waals surface area (Å²) in [5.74, 6) is -2.22. The summed E-state index contributed by atoms with van der Waals surface area (Å²) < 4.78 is 33.2. The predicted molar refractivity (Wildman–Crippen MR) is 109 cm³/mol. The number of aromatic nitrogens is 3. The van der Waals surface area contributed by atoms with Crippen molar-refractivity contribution in [3.8, 4) is 5.82 Å². The number of amides is 1. The molecule has 1 aromatic carbocycles. The van der Waals surface area contributed by atoms with Crippen molar-refractivity contribution < 1.29 is 27.9 Å². The number of carboxylic acid groups (broad SMARTS) is 1. The monoisotopic (exact) mass is 468 g/mol. The Morgan fingerprint density at radius 1 is 1.28 bits per heavy atom. The molecule has 168 valence electrons. The highest BCUT2D eigenvalue weighted by atomic mass is 35.5. The van der Waals surface area contributed by atoms with Gasteiger partial charge in [0.2, 0.25) is 0 Å². The number of nitrogens with zero attached hydrogens (tertiary/aromatic N) is 3. The van der Waals surface area contributed by atoms with E-state index < -0.39 is 12.1 Å². The van der Waals surface area contributed by atoms with Gasteiger partial charge in [-0.1, -0.05) is 24.9 Å². The van der Waals surface area contributed by atoms with E-state index in [-0.39, 0.29) is 17.5 Å². The van der Waals surface area contributed by atoms with Crippen LogP contribution in [-0.4, -0.2) is 37.7 Å². The van der Waals surface area contributed by atoms with E-state index in [0.717, 1.165) is 6.42 Å². The Labute approximate surface area is 183 Å². The minimum Gasteiger partial charge on any atom is -0.475 e. The number of hydrogen-bond acceptors (Lipinski definition) is 5. The number of pyridine rings is 1. The molecule has 0 radical (unpaired) electrons. The Kier molecular flexibility index (Phi) is 6.49. The fourth-order valence-corrected chi connectivity index (χ4v) is 3.33. The smallest absolute Gasteiger partial charge is 0.475 e. The molecule has 2 N–H and O–H groups in total. The Hall–Kier alpha value is -3.47. The molecule has 12 heteroatoms. The van der Waals surface area contributed by atoms with Gasteiger partial charge in [-0.25, -0.2) is 19.3 Å². The van der Waals surface area contributed by atoms with Crippen molar-refractivity contribution in [2.45, 2.75) is 32.0 Å². The highest BCUT2D eigenvalue weighted by Crippen LogP contribution is 2.26. The molecule has 1 aliphatic rings. The Balaban J connectivity index is 0.000000360. The second-order valence-electron chi connectivity index (χ2n) is 6.76. The molecular weight excluding hydrogens is 453 g/mol. The first-order valence-electron chi connectivity index (χ1n) is 9.33. The van der Waals surface area contributed by atoms with Gasteiger partial charge in [0, 0.05) is 11.2 Å². The van der Waals surface area contributed by atoms with Gasteiger partial charge >= 0.3 is 12.1 Å². The van der Waals surface area contributed by atoms with Crippen molar-refractivity contribution in [1.29, 1.82) is 0 Å². The van der Waals surface area contributed by atoms with Crippen LogP contribution in [0.4, 0.5) is 13.2 Å². The summed E-state index contributed by atoms with van der Waals surface area (Å²) in [6.45, 7) is 2.02. The largest absolute Gasteiger partial charge is 0.490 e. The van der Waals surface area contributed by atoms with Crippen LogP contribution in [0.1, 0.15) is 42.0 Å². The second kappa shape index (κ2) is 8.95. The van der Waals surface area contributed by atoms with Crippen molar-refractivity contribution in [2.75, 3.05) is 0 Å². The molecule has 0 spiro atoms. The number of fused-ring (bicyclic) bond motifs is 4. The van der Waals surface area contributed by atoms with Crippen molar-refractivity contribution in [2.24, 2.45) is 0 Å². The van der Waals surface area contributed by atoms with E-state index in [9.17, 15) is 22.8 Å². The molecule has 4 rings (SSSR count). The molecule has 1 unspecified atom stereocenters. The summed E-state index contributed by atoms with van der Waals surface area (Å²) in [7, 11) is 0. The molecule has 0 saturated heterocycles. The number of aliphatic carboxylic acids is 1. The zero-order valence-corrected chi connectivity index (χ0v) is 17.2. The average Bonchev–Trinajstić information content (AvgIpc) is 2.84. The van der Waals surface area contributed by atoms with Crippen LogP contribution < -0.4 is 10.9 Å². The van der Waals surface area contributed by atoms with Crippen LogP contribution in [0.5, 0.6) is 0 Å². The topological polar surface area (TPSA) is 114 Å². The molecule has 0 fully saturated rings. The summed E-state index contributed by atoms with van der Waals surface area (Å²) in [6, 6.07) is 7.98. The number of carboxylic acids is 1. The highest BCUT2D eigenvalue weighted by molar-refractivity contribution is 6.31. The fraction of sp³-hybridized carbons (Fsp3) is 0.250. The molecule has 2 aromatic heterocycles. The molecule has 1 aliphatic heterocycles. The van der Waals surface area contributed by atoms with Gasteiger partial charge in [-0.15, -0.1) is 0 Å². The normalized spacial score (nSPS) is 15.0. The SMILES string of the molecule is CCCC1NC(=O)c2cccnc2-n2c1nc1ccc(Cl)cc1c2=O.O=C(O)C(F)(F)F. The first-order valence-corrected chi connectivity index (χ1v) is 9.71. The summed E-state index contributed by atoms with van der Waals surface area (Å²) in [4.78, 5) is 43.6.